The smallest absolute Gasteiger partial charge is 0.408 e. The van der Waals surface area contributed by atoms with Crippen molar-refractivity contribution in [2.45, 2.75) is 104 Å². The van der Waals surface area contributed by atoms with Gasteiger partial charge >= 0.3 is 12.1 Å². The Morgan fingerprint density at radius 3 is 2.42 bits per heavy atom. The summed E-state index contributed by atoms with van der Waals surface area (Å²) in [7, 11) is 1.69. The maximum absolute atomic E-state index is 13.5. The van der Waals surface area contributed by atoms with E-state index >= 15 is 0 Å². The molecule has 8 heteroatoms. The fourth-order valence-corrected chi connectivity index (χ4v) is 5.98. The van der Waals surface area contributed by atoms with Gasteiger partial charge in [0.15, 0.2) is 11.5 Å². The van der Waals surface area contributed by atoms with Gasteiger partial charge in [0.25, 0.3) is 0 Å². The van der Waals surface area contributed by atoms with Gasteiger partial charge in [0.05, 0.1) is 13.7 Å². The summed E-state index contributed by atoms with van der Waals surface area (Å²) in [5, 5.41) is 2.76. The lowest BCUT2D eigenvalue weighted by Crippen LogP contribution is -2.52. The Bertz CT molecular complexity index is 1040. The van der Waals surface area contributed by atoms with Crippen molar-refractivity contribution < 1.29 is 28.5 Å². The Kier molecular flexibility index (Phi) is 9.59. The molecule has 1 saturated carbocycles. The minimum atomic E-state index is -0.780. The van der Waals surface area contributed by atoms with E-state index in [1.165, 1.54) is 24.0 Å². The number of nitrogens with zero attached hydrogens (tertiary/aromatic N) is 1. The van der Waals surface area contributed by atoms with Gasteiger partial charge in [-0.05, 0) is 87.5 Å². The van der Waals surface area contributed by atoms with E-state index in [4.69, 9.17) is 18.9 Å². The zero-order valence-corrected chi connectivity index (χ0v) is 25.7. The second-order valence-corrected chi connectivity index (χ2v) is 13.7. The van der Waals surface area contributed by atoms with Gasteiger partial charge in [-0.2, -0.15) is 0 Å². The molecule has 224 valence electrons. The molecule has 0 unspecified atom stereocenters. The first-order chi connectivity index (χ1) is 18.8. The summed E-state index contributed by atoms with van der Waals surface area (Å²) in [4.78, 5) is 28.6. The molecule has 1 aromatic rings. The zero-order valence-electron chi connectivity index (χ0n) is 25.7. The molecule has 2 heterocycles. The number of methoxy groups -OCH3 is 1. The first-order valence-corrected chi connectivity index (χ1v) is 15.1. The SMILES string of the molecule is COc1cc2c(cc1OCC1CC1)CCN1C[C@@H](CC(C)C)[C@H](OC(=O)[C@@H](NC(=O)OC(C)(C)C)C(C)C)C[C@H]21. The number of amides is 1. The van der Waals surface area contributed by atoms with Crippen molar-refractivity contribution >= 4 is 12.1 Å². The summed E-state index contributed by atoms with van der Waals surface area (Å²) in [5.74, 6) is 2.42. The van der Waals surface area contributed by atoms with Crippen molar-refractivity contribution in [3.05, 3.63) is 23.3 Å². The van der Waals surface area contributed by atoms with Crippen LogP contribution in [0.4, 0.5) is 4.79 Å². The number of carbonyl (C=O) groups is 2. The Morgan fingerprint density at radius 1 is 1.10 bits per heavy atom. The highest BCUT2D eigenvalue weighted by atomic mass is 16.6. The van der Waals surface area contributed by atoms with Crippen LogP contribution in [0.1, 0.15) is 91.3 Å². The van der Waals surface area contributed by atoms with E-state index in [0.717, 1.165) is 44.0 Å². The minimum Gasteiger partial charge on any atom is -0.493 e. The van der Waals surface area contributed by atoms with Gasteiger partial charge in [-0.15, -0.1) is 0 Å². The van der Waals surface area contributed by atoms with E-state index in [9.17, 15) is 9.59 Å². The maximum Gasteiger partial charge on any atom is 0.408 e. The Balaban J connectivity index is 1.53. The molecule has 1 amide bonds. The van der Waals surface area contributed by atoms with Gasteiger partial charge in [-0.3, -0.25) is 4.90 Å². The van der Waals surface area contributed by atoms with Crippen molar-refractivity contribution in [2.24, 2.45) is 23.7 Å². The van der Waals surface area contributed by atoms with E-state index in [-0.39, 0.29) is 24.0 Å². The lowest BCUT2D eigenvalue weighted by molar-refractivity contribution is -0.161. The summed E-state index contributed by atoms with van der Waals surface area (Å²) in [6.07, 6.45) is 4.27. The molecule has 1 aromatic carbocycles. The van der Waals surface area contributed by atoms with Crippen molar-refractivity contribution in [1.82, 2.24) is 10.2 Å². The molecule has 0 bridgehead atoms. The number of carbonyl (C=O) groups excluding carboxylic acids is 2. The van der Waals surface area contributed by atoms with Crippen LogP contribution < -0.4 is 14.8 Å². The molecule has 4 atom stereocenters. The van der Waals surface area contributed by atoms with Gasteiger partial charge in [0.2, 0.25) is 0 Å². The van der Waals surface area contributed by atoms with Crippen molar-refractivity contribution in [2.75, 3.05) is 26.8 Å². The molecule has 2 fully saturated rings. The third-order valence-electron chi connectivity index (χ3n) is 8.15. The molecular weight excluding hydrogens is 508 g/mol. The van der Waals surface area contributed by atoms with Crippen molar-refractivity contribution in [3.63, 3.8) is 0 Å². The van der Waals surface area contributed by atoms with Gasteiger partial charge in [0.1, 0.15) is 17.7 Å². The van der Waals surface area contributed by atoms with Crippen molar-refractivity contribution in [3.8, 4) is 11.5 Å². The topological polar surface area (TPSA) is 86.3 Å². The van der Waals surface area contributed by atoms with E-state index in [0.29, 0.717) is 18.3 Å². The molecule has 0 spiro atoms. The second-order valence-electron chi connectivity index (χ2n) is 13.7. The molecule has 0 radical (unpaired) electrons. The first-order valence-electron chi connectivity index (χ1n) is 15.1. The summed E-state index contributed by atoms with van der Waals surface area (Å²) >= 11 is 0. The minimum absolute atomic E-state index is 0.132. The largest absolute Gasteiger partial charge is 0.493 e. The number of esters is 1. The van der Waals surface area contributed by atoms with Gasteiger partial charge in [-0.25, -0.2) is 9.59 Å². The summed E-state index contributed by atoms with van der Waals surface area (Å²) in [6, 6.07) is 3.65. The van der Waals surface area contributed by atoms with Crippen LogP contribution in [-0.4, -0.2) is 61.5 Å². The Labute approximate surface area is 240 Å². The summed E-state index contributed by atoms with van der Waals surface area (Å²) in [5.41, 5.74) is 1.87. The highest BCUT2D eigenvalue weighted by Crippen LogP contribution is 2.45. The average Bonchev–Trinajstić information content (AvgIpc) is 3.68. The zero-order chi connectivity index (χ0) is 29.2. The third-order valence-corrected chi connectivity index (χ3v) is 8.15. The van der Waals surface area contributed by atoms with Crippen LogP contribution in [0.5, 0.6) is 11.5 Å². The highest BCUT2D eigenvalue weighted by molar-refractivity contribution is 5.81. The number of nitrogens with one attached hydrogen (secondary N) is 1. The van der Waals surface area contributed by atoms with Crippen LogP contribution in [0.15, 0.2) is 12.1 Å². The van der Waals surface area contributed by atoms with E-state index in [2.05, 4.69) is 36.2 Å². The number of rotatable bonds is 10. The number of ether oxygens (including phenoxy) is 4. The van der Waals surface area contributed by atoms with Gasteiger partial charge < -0.3 is 24.3 Å². The molecule has 40 heavy (non-hydrogen) atoms. The molecule has 3 aliphatic rings. The quantitative estimate of drug-likeness (QED) is 0.357. The fourth-order valence-electron chi connectivity index (χ4n) is 5.98. The van der Waals surface area contributed by atoms with E-state index < -0.39 is 23.7 Å². The average molecular weight is 559 g/mol. The van der Waals surface area contributed by atoms with Crippen LogP contribution in [0.2, 0.25) is 0 Å². The Hall–Kier alpha value is -2.48. The number of alkyl carbamates (subject to hydrolysis) is 1. The standard InChI is InChI=1S/C32H50N2O6/c1-19(2)13-23-17-34-12-11-22-14-28(38-18-21-9-10-21)27(37-8)15-24(22)25(34)16-26(23)39-30(35)29(20(3)4)33-31(36)40-32(5,6)7/h14-15,19-21,23,25-26,29H,9-13,16-18H2,1-8H3,(H,33,36)/t23-,25-,26-,29+/m1/s1. The predicted octanol–water partition coefficient (Wildman–Crippen LogP) is 5.91. The number of benzene rings is 1. The first kappa shape index (κ1) is 30.5. The van der Waals surface area contributed by atoms with E-state index in [1.807, 2.05) is 13.8 Å². The lowest BCUT2D eigenvalue weighted by atomic mass is 9.79. The number of hydrogen-bond donors (Lipinski definition) is 1. The number of fused-ring (bicyclic) bond motifs is 3. The maximum atomic E-state index is 13.5. The second kappa shape index (κ2) is 12.6. The highest BCUT2D eigenvalue weighted by Gasteiger charge is 2.42. The molecule has 0 aromatic heterocycles. The monoisotopic (exact) mass is 558 g/mol. The summed E-state index contributed by atoms with van der Waals surface area (Å²) in [6.45, 7) is 16.2. The number of hydrogen-bond acceptors (Lipinski definition) is 7. The van der Waals surface area contributed by atoms with E-state index in [1.54, 1.807) is 27.9 Å². The van der Waals surface area contributed by atoms with Crippen LogP contribution >= 0.6 is 0 Å². The van der Waals surface area contributed by atoms with Crippen molar-refractivity contribution in [1.29, 1.82) is 0 Å². The lowest BCUT2D eigenvalue weighted by Gasteiger charge is -2.47. The molecule has 1 N–H and O–H groups in total. The predicted molar refractivity (Wildman–Crippen MR) is 155 cm³/mol. The molecule has 1 aliphatic carbocycles. The molecule has 8 nitrogen and oxygen atoms in total. The van der Waals surface area contributed by atoms with Crippen LogP contribution in [0.3, 0.4) is 0 Å². The van der Waals surface area contributed by atoms with Crippen LogP contribution in [0.25, 0.3) is 0 Å². The normalized spacial score (nSPS) is 23.7. The van der Waals surface area contributed by atoms with Gasteiger partial charge in [-0.1, -0.05) is 27.7 Å². The molecule has 2 aliphatic heterocycles. The van der Waals surface area contributed by atoms with Gasteiger partial charge in [0, 0.05) is 31.5 Å². The third kappa shape index (κ3) is 7.83. The van der Waals surface area contributed by atoms with Crippen LogP contribution in [0, 0.1) is 23.7 Å². The molecule has 1 saturated heterocycles. The molecule has 4 rings (SSSR count). The summed E-state index contributed by atoms with van der Waals surface area (Å²) < 4.78 is 23.6. The molecular formula is C32H50N2O6. The Morgan fingerprint density at radius 2 is 1.82 bits per heavy atom. The number of piperidine rings is 1. The fraction of sp³-hybridized carbons (Fsp3) is 0.750. The van der Waals surface area contributed by atoms with Crippen LogP contribution in [-0.2, 0) is 20.7 Å².